The number of nitrogens with one attached hydrogen (secondary N) is 2. The monoisotopic (exact) mass is 434 g/mol. The molecule has 4 rings (SSSR count). The first-order valence-electron chi connectivity index (χ1n) is 9.81. The molecule has 2 aliphatic rings. The summed E-state index contributed by atoms with van der Waals surface area (Å²) in [6, 6.07) is 3.78. The fourth-order valence-corrected chi connectivity index (χ4v) is 3.75. The summed E-state index contributed by atoms with van der Waals surface area (Å²) in [6.45, 7) is 2.26. The van der Waals surface area contributed by atoms with Crippen LogP contribution < -0.4 is 10.6 Å². The Morgan fingerprint density at radius 1 is 1.30 bits per heavy atom. The molecule has 3 amide bonds. The molecule has 1 saturated carbocycles. The molecule has 2 heterocycles. The third kappa shape index (κ3) is 3.96. The first kappa shape index (κ1) is 20.5. The fraction of sp³-hybridized carbons (Fsp3) is 0.381. The number of hydrogen-bond acceptors (Lipinski definition) is 3. The summed E-state index contributed by atoms with van der Waals surface area (Å²) in [4.78, 5) is 30.7. The summed E-state index contributed by atoms with van der Waals surface area (Å²) in [5, 5.41) is 4.82. The number of hydrogen-bond donors (Lipinski definition) is 2. The van der Waals surface area contributed by atoms with Crippen molar-refractivity contribution < 1.29 is 18.4 Å². The van der Waals surface area contributed by atoms with Crippen LogP contribution in [0.1, 0.15) is 48.5 Å². The van der Waals surface area contributed by atoms with Gasteiger partial charge in [0, 0.05) is 36.5 Å². The van der Waals surface area contributed by atoms with Gasteiger partial charge in [0.1, 0.15) is 22.7 Å². The van der Waals surface area contributed by atoms with E-state index in [2.05, 4.69) is 15.6 Å². The molecule has 0 bridgehead atoms. The summed E-state index contributed by atoms with van der Waals surface area (Å²) < 4.78 is 28.5. The molecule has 2 fully saturated rings. The highest BCUT2D eigenvalue weighted by molar-refractivity contribution is 6.31. The van der Waals surface area contributed by atoms with Crippen LogP contribution in [0.3, 0.4) is 0 Å². The van der Waals surface area contributed by atoms with Crippen LogP contribution in [-0.2, 0) is 4.79 Å². The van der Waals surface area contributed by atoms with E-state index in [0.29, 0.717) is 24.6 Å². The van der Waals surface area contributed by atoms with Crippen molar-refractivity contribution in [3.8, 4) is 0 Å². The van der Waals surface area contributed by atoms with Gasteiger partial charge in [0.15, 0.2) is 0 Å². The van der Waals surface area contributed by atoms with Crippen LogP contribution in [0.2, 0.25) is 5.02 Å². The Hall–Kier alpha value is -2.74. The predicted octanol–water partition coefficient (Wildman–Crippen LogP) is 3.51. The van der Waals surface area contributed by atoms with Crippen molar-refractivity contribution in [1.82, 2.24) is 20.5 Å². The van der Waals surface area contributed by atoms with E-state index in [1.807, 2.05) is 6.07 Å². The van der Waals surface area contributed by atoms with Crippen molar-refractivity contribution in [2.45, 2.75) is 37.8 Å². The van der Waals surface area contributed by atoms with Gasteiger partial charge < -0.3 is 15.5 Å². The molecule has 1 aromatic carbocycles. The number of urea groups is 1. The van der Waals surface area contributed by atoms with E-state index < -0.39 is 34.8 Å². The van der Waals surface area contributed by atoms with Crippen molar-refractivity contribution in [3.63, 3.8) is 0 Å². The quantitative estimate of drug-likeness (QED) is 0.723. The van der Waals surface area contributed by atoms with E-state index in [1.54, 1.807) is 19.2 Å². The van der Waals surface area contributed by atoms with Gasteiger partial charge in [-0.2, -0.15) is 0 Å². The minimum Gasteiger partial charge on any atom is -0.353 e. The van der Waals surface area contributed by atoms with Gasteiger partial charge in [0.2, 0.25) is 5.91 Å². The van der Waals surface area contributed by atoms with Crippen molar-refractivity contribution in [2.24, 2.45) is 0 Å². The van der Waals surface area contributed by atoms with E-state index >= 15 is 0 Å². The lowest BCUT2D eigenvalue weighted by molar-refractivity contribution is -0.126. The number of benzene rings is 1. The SMILES string of the molecule is C[C@@H]1C(=O)NCCN1C(=O)NC(c1ccc(C2CC2)nc1)c1ccc(F)c(Cl)c1F. The molecule has 30 heavy (non-hydrogen) atoms. The number of amides is 3. The summed E-state index contributed by atoms with van der Waals surface area (Å²) in [5.74, 6) is -1.65. The molecule has 1 aliphatic carbocycles. The van der Waals surface area contributed by atoms with Crippen LogP contribution in [0, 0.1) is 11.6 Å². The standard InChI is InChI=1S/C21H21ClF2N4O2/c1-11-20(29)25-8-9-28(11)21(30)27-19(14-5-6-15(23)17(22)18(14)24)13-4-7-16(26-10-13)12-2-3-12/h4-7,10-12,19H,2-3,8-9H2,1H3,(H,25,29)(H,27,30)/t11-,19?/m1/s1. The Morgan fingerprint density at radius 2 is 2.07 bits per heavy atom. The van der Waals surface area contributed by atoms with Gasteiger partial charge in [-0.25, -0.2) is 13.6 Å². The molecule has 2 atom stereocenters. The third-order valence-corrected chi connectivity index (χ3v) is 5.89. The van der Waals surface area contributed by atoms with Crippen LogP contribution in [-0.4, -0.2) is 41.0 Å². The van der Waals surface area contributed by atoms with Crippen molar-refractivity contribution in [1.29, 1.82) is 0 Å². The first-order chi connectivity index (χ1) is 14.4. The zero-order chi connectivity index (χ0) is 21.4. The van der Waals surface area contributed by atoms with Gasteiger partial charge >= 0.3 is 6.03 Å². The molecule has 2 N–H and O–H groups in total. The second-order valence-electron chi connectivity index (χ2n) is 7.60. The van der Waals surface area contributed by atoms with Crippen LogP contribution in [0.5, 0.6) is 0 Å². The molecule has 1 saturated heterocycles. The van der Waals surface area contributed by atoms with Crippen LogP contribution in [0.25, 0.3) is 0 Å². The Labute approximate surface area is 177 Å². The molecule has 6 nitrogen and oxygen atoms in total. The molecule has 158 valence electrons. The number of rotatable bonds is 4. The number of carbonyl (C=O) groups is 2. The highest BCUT2D eigenvalue weighted by Gasteiger charge is 2.32. The van der Waals surface area contributed by atoms with Crippen LogP contribution in [0.15, 0.2) is 30.5 Å². The lowest BCUT2D eigenvalue weighted by Crippen LogP contribution is -2.58. The summed E-state index contributed by atoms with van der Waals surface area (Å²) in [5.41, 5.74) is 1.50. The Bertz CT molecular complexity index is 982. The van der Waals surface area contributed by atoms with Gasteiger partial charge in [-0.15, -0.1) is 0 Å². The average molecular weight is 435 g/mol. The maximum Gasteiger partial charge on any atom is 0.318 e. The van der Waals surface area contributed by atoms with Crippen LogP contribution in [0.4, 0.5) is 13.6 Å². The van der Waals surface area contributed by atoms with Gasteiger partial charge in [-0.3, -0.25) is 9.78 Å². The molecular formula is C21H21ClF2N4O2. The highest BCUT2D eigenvalue weighted by atomic mass is 35.5. The van der Waals surface area contributed by atoms with Gasteiger partial charge in [0.05, 0.1) is 6.04 Å². The second-order valence-corrected chi connectivity index (χ2v) is 7.98. The van der Waals surface area contributed by atoms with Gasteiger partial charge in [0.25, 0.3) is 0 Å². The number of aromatic nitrogens is 1. The molecule has 1 aliphatic heterocycles. The zero-order valence-corrected chi connectivity index (χ0v) is 17.0. The van der Waals surface area contributed by atoms with Crippen molar-refractivity contribution in [2.75, 3.05) is 13.1 Å². The highest BCUT2D eigenvalue weighted by Crippen LogP contribution is 2.39. The Balaban J connectivity index is 1.67. The van der Waals surface area contributed by atoms with E-state index in [-0.39, 0.29) is 11.5 Å². The average Bonchev–Trinajstić information content (AvgIpc) is 3.58. The molecule has 1 unspecified atom stereocenters. The smallest absolute Gasteiger partial charge is 0.318 e. The predicted molar refractivity (Wildman–Crippen MR) is 107 cm³/mol. The van der Waals surface area contributed by atoms with Crippen LogP contribution >= 0.6 is 11.6 Å². The van der Waals surface area contributed by atoms with Gasteiger partial charge in [-0.1, -0.05) is 23.7 Å². The number of halogens is 3. The van der Waals surface area contributed by atoms with Crippen molar-refractivity contribution in [3.05, 3.63) is 63.9 Å². The summed E-state index contributed by atoms with van der Waals surface area (Å²) in [7, 11) is 0. The van der Waals surface area contributed by atoms with E-state index in [0.717, 1.165) is 24.6 Å². The number of pyridine rings is 1. The van der Waals surface area contributed by atoms with E-state index in [9.17, 15) is 18.4 Å². The number of nitrogens with zero attached hydrogens (tertiary/aromatic N) is 2. The molecule has 1 aromatic heterocycles. The van der Waals surface area contributed by atoms with E-state index in [1.165, 1.54) is 11.0 Å². The number of carbonyl (C=O) groups excluding carboxylic acids is 2. The molecule has 9 heteroatoms. The zero-order valence-electron chi connectivity index (χ0n) is 16.3. The fourth-order valence-electron chi connectivity index (χ4n) is 3.58. The molecular weight excluding hydrogens is 414 g/mol. The topological polar surface area (TPSA) is 74.3 Å². The van der Waals surface area contributed by atoms with Gasteiger partial charge in [-0.05, 0) is 37.5 Å². The molecule has 0 radical (unpaired) electrons. The minimum atomic E-state index is -0.950. The molecule has 0 spiro atoms. The second kappa shape index (κ2) is 8.18. The summed E-state index contributed by atoms with van der Waals surface area (Å²) in [6.07, 6.45) is 3.76. The molecule has 2 aromatic rings. The first-order valence-corrected chi connectivity index (χ1v) is 10.2. The summed E-state index contributed by atoms with van der Waals surface area (Å²) >= 11 is 5.78. The Kier molecular flexibility index (Phi) is 5.60. The maximum atomic E-state index is 14.8. The Morgan fingerprint density at radius 3 is 2.73 bits per heavy atom. The lowest BCUT2D eigenvalue weighted by Gasteiger charge is -2.34. The largest absolute Gasteiger partial charge is 0.353 e. The third-order valence-electron chi connectivity index (χ3n) is 5.54. The van der Waals surface area contributed by atoms with Crippen molar-refractivity contribution >= 4 is 23.5 Å². The minimum absolute atomic E-state index is 0.0184. The normalized spacial score (nSPS) is 19.9. The lowest BCUT2D eigenvalue weighted by atomic mass is 9.99. The maximum absolute atomic E-state index is 14.8. The number of piperazine rings is 1. The van der Waals surface area contributed by atoms with E-state index in [4.69, 9.17) is 11.6 Å².